The van der Waals surface area contributed by atoms with E-state index in [1.165, 1.54) is 6.07 Å². The van der Waals surface area contributed by atoms with Crippen molar-refractivity contribution in [2.45, 2.75) is 37.1 Å². The summed E-state index contributed by atoms with van der Waals surface area (Å²) in [6.07, 6.45) is 2.11. The highest BCUT2D eigenvalue weighted by Gasteiger charge is 2.40. The van der Waals surface area contributed by atoms with Crippen molar-refractivity contribution in [1.29, 1.82) is 0 Å². The van der Waals surface area contributed by atoms with E-state index in [1.54, 1.807) is 18.2 Å². The van der Waals surface area contributed by atoms with Gasteiger partial charge in [0.1, 0.15) is 0 Å². The number of fused-ring (bicyclic) bond motifs is 1. The number of hydrogen-bond acceptors (Lipinski definition) is 3. The molecule has 0 radical (unpaired) electrons. The maximum Gasteiger partial charge on any atom is 0.308 e. The Labute approximate surface area is 112 Å². The zero-order valence-electron chi connectivity index (χ0n) is 10.7. The Hall–Kier alpha value is -1.40. The van der Waals surface area contributed by atoms with Crippen molar-refractivity contribution in [3.8, 4) is 0 Å². The van der Waals surface area contributed by atoms with Gasteiger partial charge in [0, 0.05) is 0 Å². The largest absolute Gasteiger partial charge is 0.481 e. The molecule has 2 unspecified atom stereocenters. The first-order valence-electron chi connectivity index (χ1n) is 6.31. The molecule has 1 aromatic rings. The molecule has 0 fully saturated rings. The van der Waals surface area contributed by atoms with E-state index in [0.29, 0.717) is 12.0 Å². The van der Waals surface area contributed by atoms with Gasteiger partial charge in [-0.1, -0.05) is 38.0 Å². The Kier molecular flexibility index (Phi) is 3.91. The van der Waals surface area contributed by atoms with E-state index in [9.17, 15) is 18.3 Å². The third-order valence-electron chi connectivity index (χ3n) is 3.41. The Balaban J connectivity index is 2.38. The molecule has 104 valence electrons. The van der Waals surface area contributed by atoms with Crippen LogP contribution in [0.5, 0.6) is 0 Å². The van der Waals surface area contributed by atoms with Crippen LogP contribution in [0.3, 0.4) is 0 Å². The number of carboxylic acids is 1. The Bertz CT molecular complexity index is 582. The summed E-state index contributed by atoms with van der Waals surface area (Å²) >= 11 is 0. The van der Waals surface area contributed by atoms with Crippen molar-refractivity contribution >= 4 is 16.0 Å². The Morgan fingerprint density at radius 2 is 2.11 bits per heavy atom. The van der Waals surface area contributed by atoms with Gasteiger partial charge in [0.2, 0.25) is 10.0 Å². The molecule has 1 aliphatic heterocycles. The fourth-order valence-electron chi connectivity index (χ4n) is 2.43. The number of nitrogens with one attached hydrogen (secondary N) is 1. The second kappa shape index (κ2) is 5.30. The molecule has 6 heteroatoms. The maximum atomic E-state index is 12.0. The summed E-state index contributed by atoms with van der Waals surface area (Å²) in [5.41, 5.74) is 0.561. The van der Waals surface area contributed by atoms with Gasteiger partial charge in [-0.3, -0.25) is 4.79 Å². The number of aliphatic carboxylic acids is 1. The lowest BCUT2D eigenvalue weighted by Gasteiger charge is -2.19. The molecule has 0 amide bonds. The number of unbranched alkanes of at least 4 members (excludes halogenated alkanes) is 1. The van der Waals surface area contributed by atoms with Crippen LogP contribution in [0.4, 0.5) is 0 Å². The fourth-order valence-corrected chi connectivity index (χ4v) is 3.95. The molecule has 2 atom stereocenters. The first-order chi connectivity index (χ1) is 8.97. The number of carbonyl (C=O) groups is 1. The van der Waals surface area contributed by atoms with E-state index >= 15 is 0 Å². The monoisotopic (exact) mass is 283 g/mol. The Morgan fingerprint density at radius 3 is 2.74 bits per heavy atom. The van der Waals surface area contributed by atoms with E-state index in [-0.39, 0.29) is 4.90 Å². The maximum absolute atomic E-state index is 12.0. The van der Waals surface area contributed by atoms with E-state index in [0.717, 1.165) is 12.8 Å². The van der Waals surface area contributed by atoms with Crippen LogP contribution in [-0.4, -0.2) is 19.5 Å². The van der Waals surface area contributed by atoms with Crippen molar-refractivity contribution in [2.24, 2.45) is 5.92 Å². The summed E-state index contributed by atoms with van der Waals surface area (Å²) in [5.74, 6) is -1.68. The number of benzene rings is 1. The standard InChI is InChI=1S/C13H17NO4S/c1-2-3-6-10(13(15)16)12-9-7-4-5-8-11(9)19(17,18)14-12/h4-5,7-8,10,12,14H,2-3,6H2,1H3,(H,15,16). The second-order valence-corrected chi connectivity index (χ2v) is 6.41. The first-order valence-corrected chi connectivity index (χ1v) is 7.79. The van der Waals surface area contributed by atoms with Gasteiger partial charge in [-0.2, -0.15) is 0 Å². The minimum atomic E-state index is -3.57. The zero-order chi connectivity index (χ0) is 14.0. The highest BCUT2D eigenvalue weighted by Crippen LogP contribution is 2.37. The van der Waals surface area contributed by atoms with Gasteiger partial charge in [0.15, 0.2) is 0 Å². The number of carboxylic acid groups (broad SMARTS) is 1. The quantitative estimate of drug-likeness (QED) is 0.864. The lowest BCUT2D eigenvalue weighted by Crippen LogP contribution is -2.31. The van der Waals surface area contributed by atoms with Crippen LogP contribution in [0, 0.1) is 5.92 Å². The summed E-state index contributed by atoms with van der Waals surface area (Å²) in [6, 6.07) is 5.90. The highest BCUT2D eigenvalue weighted by molar-refractivity contribution is 7.89. The van der Waals surface area contributed by atoms with E-state index in [1.807, 2.05) is 6.92 Å². The molecule has 2 N–H and O–H groups in total. The summed E-state index contributed by atoms with van der Waals surface area (Å²) in [5, 5.41) is 9.32. The van der Waals surface area contributed by atoms with Gasteiger partial charge in [-0.15, -0.1) is 0 Å². The van der Waals surface area contributed by atoms with Crippen LogP contribution < -0.4 is 4.72 Å². The number of rotatable bonds is 5. The third-order valence-corrected chi connectivity index (χ3v) is 4.93. The Morgan fingerprint density at radius 1 is 1.42 bits per heavy atom. The molecule has 0 bridgehead atoms. The molecule has 0 saturated heterocycles. The molecule has 1 aromatic carbocycles. The fraction of sp³-hybridized carbons (Fsp3) is 0.462. The van der Waals surface area contributed by atoms with Gasteiger partial charge in [0.25, 0.3) is 0 Å². The van der Waals surface area contributed by atoms with Crippen molar-refractivity contribution in [3.63, 3.8) is 0 Å². The van der Waals surface area contributed by atoms with Crippen molar-refractivity contribution in [1.82, 2.24) is 4.72 Å². The normalized spacial score (nSPS) is 21.8. The van der Waals surface area contributed by atoms with Gasteiger partial charge >= 0.3 is 5.97 Å². The van der Waals surface area contributed by atoms with Crippen molar-refractivity contribution in [3.05, 3.63) is 29.8 Å². The number of hydrogen-bond donors (Lipinski definition) is 2. The first kappa shape index (κ1) is 14.0. The minimum absolute atomic E-state index is 0.197. The van der Waals surface area contributed by atoms with Crippen LogP contribution in [-0.2, 0) is 14.8 Å². The minimum Gasteiger partial charge on any atom is -0.481 e. The smallest absolute Gasteiger partial charge is 0.308 e. The summed E-state index contributed by atoms with van der Waals surface area (Å²) in [4.78, 5) is 11.6. The molecular formula is C13H17NO4S. The second-order valence-electron chi connectivity index (χ2n) is 4.72. The van der Waals surface area contributed by atoms with Gasteiger partial charge in [0.05, 0.1) is 16.9 Å². The summed E-state index contributed by atoms with van der Waals surface area (Å²) < 4.78 is 26.4. The molecule has 5 nitrogen and oxygen atoms in total. The van der Waals surface area contributed by atoms with Crippen molar-refractivity contribution in [2.75, 3.05) is 0 Å². The average Bonchev–Trinajstić information content (AvgIpc) is 2.63. The summed E-state index contributed by atoms with van der Waals surface area (Å²) in [7, 11) is -3.57. The molecule has 0 aromatic heterocycles. The van der Waals surface area contributed by atoms with Gasteiger partial charge in [-0.05, 0) is 18.1 Å². The lowest BCUT2D eigenvalue weighted by molar-refractivity contribution is -0.143. The predicted molar refractivity (Wildman–Crippen MR) is 70.2 cm³/mol. The molecule has 2 rings (SSSR count). The molecular weight excluding hydrogens is 266 g/mol. The predicted octanol–water partition coefficient (Wildman–Crippen LogP) is 1.91. The topological polar surface area (TPSA) is 83.5 Å². The van der Waals surface area contributed by atoms with E-state index in [2.05, 4.69) is 4.72 Å². The van der Waals surface area contributed by atoms with Crippen molar-refractivity contribution < 1.29 is 18.3 Å². The molecule has 0 saturated carbocycles. The number of sulfonamides is 1. The SMILES string of the molecule is CCCCC(C(=O)O)C1NS(=O)(=O)c2ccccc21. The van der Waals surface area contributed by atoms with Crippen LogP contribution in [0.2, 0.25) is 0 Å². The van der Waals surface area contributed by atoms with Crippen LogP contribution in [0.25, 0.3) is 0 Å². The highest BCUT2D eigenvalue weighted by atomic mass is 32.2. The van der Waals surface area contributed by atoms with E-state index in [4.69, 9.17) is 0 Å². The molecule has 1 aliphatic rings. The van der Waals surface area contributed by atoms with Crippen LogP contribution >= 0.6 is 0 Å². The van der Waals surface area contributed by atoms with Crippen LogP contribution in [0.15, 0.2) is 29.2 Å². The summed E-state index contributed by atoms with van der Waals surface area (Å²) in [6.45, 7) is 1.98. The molecule has 1 heterocycles. The zero-order valence-corrected chi connectivity index (χ0v) is 11.5. The molecule has 0 spiro atoms. The van der Waals surface area contributed by atoms with E-state index < -0.39 is 28.0 Å². The average molecular weight is 283 g/mol. The third kappa shape index (κ3) is 2.64. The van der Waals surface area contributed by atoms with Gasteiger partial charge in [-0.25, -0.2) is 13.1 Å². The molecule has 0 aliphatic carbocycles. The van der Waals surface area contributed by atoms with Gasteiger partial charge < -0.3 is 5.11 Å². The lowest BCUT2D eigenvalue weighted by atomic mass is 9.89. The molecule has 19 heavy (non-hydrogen) atoms. The van der Waals surface area contributed by atoms with Crippen LogP contribution in [0.1, 0.15) is 37.8 Å².